The fourth-order valence-electron chi connectivity index (χ4n) is 2.35. The maximum Gasteiger partial charge on any atom is 0.253 e. The van der Waals surface area contributed by atoms with E-state index < -0.39 is 0 Å². The molecule has 2 N–H and O–H groups in total. The summed E-state index contributed by atoms with van der Waals surface area (Å²) in [5, 5.41) is 0.408. The van der Waals surface area contributed by atoms with Crippen LogP contribution in [0, 0.1) is 5.92 Å². The monoisotopic (exact) mass is 296 g/mol. The molecule has 0 saturated carbocycles. The summed E-state index contributed by atoms with van der Waals surface area (Å²) in [5.41, 5.74) is 5.80. The number of halogens is 1. The topological polar surface area (TPSA) is 72.6 Å². The van der Waals surface area contributed by atoms with Gasteiger partial charge in [-0.05, 0) is 31.0 Å². The Kier molecular flexibility index (Phi) is 4.49. The summed E-state index contributed by atoms with van der Waals surface area (Å²) >= 11 is 6.02. The number of methoxy groups -OCH3 is 1. The van der Waals surface area contributed by atoms with E-state index in [9.17, 15) is 9.59 Å². The van der Waals surface area contributed by atoms with Crippen molar-refractivity contribution in [3.05, 3.63) is 28.8 Å². The van der Waals surface area contributed by atoms with Crippen molar-refractivity contribution in [2.45, 2.75) is 12.8 Å². The first-order valence-corrected chi connectivity index (χ1v) is 6.83. The molecule has 1 heterocycles. The number of rotatable bonds is 3. The third-order valence-electron chi connectivity index (χ3n) is 3.58. The number of nitrogens with zero attached hydrogens (tertiary/aromatic N) is 1. The second kappa shape index (κ2) is 6.13. The van der Waals surface area contributed by atoms with Crippen molar-refractivity contribution in [2.24, 2.45) is 11.7 Å². The van der Waals surface area contributed by atoms with E-state index >= 15 is 0 Å². The number of likely N-dealkylation sites (tertiary alicyclic amines) is 1. The highest BCUT2D eigenvalue weighted by Crippen LogP contribution is 2.26. The second-order valence-electron chi connectivity index (χ2n) is 4.82. The summed E-state index contributed by atoms with van der Waals surface area (Å²) in [7, 11) is 1.53. The van der Waals surface area contributed by atoms with E-state index in [-0.39, 0.29) is 17.7 Å². The van der Waals surface area contributed by atoms with Crippen LogP contribution in [0.2, 0.25) is 5.02 Å². The molecule has 108 valence electrons. The molecule has 1 saturated heterocycles. The van der Waals surface area contributed by atoms with Crippen LogP contribution in [0.1, 0.15) is 23.2 Å². The van der Waals surface area contributed by atoms with Gasteiger partial charge < -0.3 is 15.4 Å². The Bertz CT molecular complexity index is 525. The van der Waals surface area contributed by atoms with Gasteiger partial charge in [0.2, 0.25) is 5.91 Å². The fraction of sp³-hybridized carbons (Fsp3) is 0.429. The van der Waals surface area contributed by atoms with Crippen LogP contribution in [-0.4, -0.2) is 36.9 Å². The number of hydrogen-bond acceptors (Lipinski definition) is 3. The number of carbonyl (C=O) groups excluding carboxylic acids is 2. The molecule has 1 aliphatic heterocycles. The molecule has 1 fully saturated rings. The van der Waals surface area contributed by atoms with Crippen LogP contribution in [0.3, 0.4) is 0 Å². The lowest BCUT2D eigenvalue weighted by molar-refractivity contribution is -0.123. The van der Waals surface area contributed by atoms with Crippen LogP contribution < -0.4 is 10.5 Å². The molecule has 20 heavy (non-hydrogen) atoms. The zero-order valence-corrected chi connectivity index (χ0v) is 12.0. The van der Waals surface area contributed by atoms with Crippen LogP contribution in [0.25, 0.3) is 0 Å². The van der Waals surface area contributed by atoms with Crippen LogP contribution >= 0.6 is 11.6 Å². The Labute approximate surface area is 122 Å². The highest BCUT2D eigenvalue weighted by atomic mass is 35.5. The molecule has 0 aromatic heterocycles. The van der Waals surface area contributed by atoms with Crippen molar-refractivity contribution < 1.29 is 14.3 Å². The molecule has 1 aromatic rings. The Balaban J connectivity index is 2.05. The molecule has 0 radical (unpaired) electrons. The normalized spacial score (nSPS) is 16.0. The first-order chi connectivity index (χ1) is 9.52. The Morgan fingerprint density at radius 2 is 2.00 bits per heavy atom. The molecule has 2 rings (SSSR count). The van der Waals surface area contributed by atoms with Gasteiger partial charge in [0.05, 0.1) is 12.1 Å². The molecule has 2 amide bonds. The van der Waals surface area contributed by atoms with E-state index in [1.807, 2.05) is 0 Å². The van der Waals surface area contributed by atoms with Gasteiger partial charge in [-0.2, -0.15) is 0 Å². The van der Waals surface area contributed by atoms with Gasteiger partial charge in [0.1, 0.15) is 5.75 Å². The molecule has 5 nitrogen and oxygen atoms in total. The molecule has 0 bridgehead atoms. The molecular formula is C14H17ClN2O3. The lowest BCUT2D eigenvalue weighted by atomic mass is 9.96. The largest absolute Gasteiger partial charge is 0.495 e. The molecule has 0 aliphatic carbocycles. The number of amides is 2. The van der Waals surface area contributed by atoms with Crippen LogP contribution in [-0.2, 0) is 4.79 Å². The minimum atomic E-state index is -0.287. The van der Waals surface area contributed by atoms with Gasteiger partial charge in [0, 0.05) is 24.6 Å². The first-order valence-electron chi connectivity index (χ1n) is 6.45. The van der Waals surface area contributed by atoms with Crippen LogP contribution in [0.5, 0.6) is 5.75 Å². The zero-order valence-electron chi connectivity index (χ0n) is 11.3. The van der Waals surface area contributed by atoms with Gasteiger partial charge in [-0.3, -0.25) is 9.59 Å². The van der Waals surface area contributed by atoms with Crippen molar-refractivity contribution >= 4 is 23.4 Å². The van der Waals surface area contributed by atoms with Gasteiger partial charge in [0.25, 0.3) is 5.91 Å². The van der Waals surface area contributed by atoms with E-state index in [1.54, 1.807) is 23.1 Å². The summed E-state index contributed by atoms with van der Waals surface area (Å²) in [4.78, 5) is 25.2. The number of carbonyl (C=O) groups is 2. The number of primary amides is 1. The standard InChI is InChI=1S/C14H17ClN2O3/c1-20-12-3-2-10(8-11(12)15)14(19)17-6-4-9(5-7-17)13(16)18/h2-3,8-9H,4-7H2,1H3,(H2,16,18). The molecule has 0 atom stereocenters. The molecule has 6 heteroatoms. The third-order valence-corrected chi connectivity index (χ3v) is 3.88. The Morgan fingerprint density at radius 1 is 1.35 bits per heavy atom. The zero-order chi connectivity index (χ0) is 14.7. The van der Waals surface area contributed by atoms with Crippen molar-refractivity contribution in [3.63, 3.8) is 0 Å². The number of benzene rings is 1. The van der Waals surface area contributed by atoms with Crippen molar-refractivity contribution in [2.75, 3.05) is 20.2 Å². The summed E-state index contributed by atoms with van der Waals surface area (Å²) in [6.07, 6.45) is 1.23. The predicted octanol–water partition coefficient (Wildman–Crippen LogP) is 1.69. The minimum absolute atomic E-state index is 0.0857. The second-order valence-corrected chi connectivity index (χ2v) is 5.23. The first kappa shape index (κ1) is 14.7. The highest BCUT2D eigenvalue weighted by molar-refractivity contribution is 6.32. The van der Waals surface area contributed by atoms with Gasteiger partial charge in [-0.1, -0.05) is 11.6 Å². The van der Waals surface area contributed by atoms with Gasteiger partial charge in [-0.15, -0.1) is 0 Å². The van der Waals surface area contributed by atoms with E-state index in [4.69, 9.17) is 22.1 Å². The summed E-state index contributed by atoms with van der Waals surface area (Å²) in [6.45, 7) is 1.08. The average Bonchev–Trinajstić information content (AvgIpc) is 2.46. The SMILES string of the molecule is COc1ccc(C(=O)N2CCC(C(N)=O)CC2)cc1Cl. The van der Waals surface area contributed by atoms with E-state index in [0.29, 0.717) is 42.3 Å². The smallest absolute Gasteiger partial charge is 0.253 e. The highest BCUT2D eigenvalue weighted by Gasteiger charge is 2.26. The average molecular weight is 297 g/mol. The predicted molar refractivity (Wildman–Crippen MR) is 75.8 cm³/mol. The molecule has 0 unspecified atom stereocenters. The summed E-state index contributed by atoms with van der Waals surface area (Å²) in [5.74, 6) is 0.0382. The molecule has 0 spiro atoms. The number of ether oxygens (including phenoxy) is 1. The summed E-state index contributed by atoms with van der Waals surface area (Å²) in [6, 6.07) is 4.96. The number of nitrogens with two attached hydrogens (primary N) is 1. The van der Waals surface area contributed by atoms with Crippen LogP contribution in [0.15, 0.2) is 18.2 Å². The molecule has 1 aliphatic rings. The number of piperidine rings is 1. The minimum Gasteiger partial charge on any atom is -0.495 e. The van der Waals surface area contributed by atoms with Gasteiger partial charge in [0.15, 0.2) is 0 Å². The summed E-state index contributed by atoms with van der Waals surface area (Å²) < 4.78 is 5.06. The van der Waals surface area contributed by atoms with E-state index in [1.165, 1.54) is 7.11 Å². The van der Waals surface area contributed by atoms with Crippen molar-refractivity contribution in [1.82, 2.24) is 4.90 Å². The quantitative estimate of drug-likeness (QED) is 0.922. The Hall–Kier alpha value is -1.75. The lowest BCUT2D eigenvalue weighted by Crippen LogP contribution is -2.41. The van der Waals surface area contributed by atoms with Crippen molar-refractivity contribution in [1.29, 1.82) is 0 Å². The van der Waals surface area contributed by atoms with Gasteiger partial charge in [-0.25, -0.2) is 0 Å². The van der Waals surface area contributed by atoms with Crippen molar-refractivity contribution in [3.8, 4) is 5.75 Å². The number of hydrogen-bond donors (Lipinski definition) is 1. The Morgan fingerprint density at radius 3 is 2.50 bits per heavy atom. The maximum atomic E-state index is 12.3. The van der Waals surface area contributed by atoms with E-state index in [0.717, 1.165) is 0 Å². The van der Waals surface area contributed by atoms with Gasteiger partial charge >= 0.3 is 0 Å². The van der Waals surface area contributed by atoms with Crippen LogP contribution in [0.4, 0.5) is 0 Å². The maximum absolute atomic E-state index is 12.3. The third kappa shape index (κ3) is 3.04. The van der Waals surface area contributed by atoms with E-state index in [2.05, 4.69) is 0 Å². The molecule has 1 aromatic carbocycles. The lowest BCUT2D eigenvalue weighted by Gasteiger charge is -2.30. The fourth-order valence-corrected chi connectivity index (χ4v) is 2.61. The molecular weight excluding hydrogens is 280 g/mol.